The van der Waals surface area contributed by atoms with E-state index in [-0.39, 0.29) is 0 Å². The fourth-order valence-electron chi connectivity index (χ4n) is 2.14. The van der Waals surface area contributed by atoms with Gasteiger partial charge in [0, 0.05) is 16.0 Å². The second-order valence-corrected chi connectivity index (χ2v) is 5.72. The Morgan fingerprint density at radius 1 is 1.05 bits per heavy atom. The van der Waals surface area contributed by atoms with E-state index in [0.717, 1.165) is 32.2 Å². The number of furan rings is 1. The molecule has 0 spiro atoms. The first kappa shape index (κ1) is 12.6. The Bertz CT molecular complexity index is 728. The minimum atomic E-state index is 0.735. The Morgan fingerprint density at radius 2 is 1.79 bits per heavy atom. The first-order valence-electron chi connectivity index (χ1n) is 6.02. The second kappa shape index (κ2) is 4.95. The molecule has 0 fully saturated rings. The van der Waals surface area contributed by atoms with Gasteiger partial charge in [0.25, 0.3) is 0 Å². The van der Waals surface area contributed by atoms with Gasteiger partial charge in [-0.3, -0.25) is 0 Å². The Labute approximate surface area is 121 Å². The zero-order chi connectivity index (χ0) is 13.4. The lowest BCUT2D eigenvalue weighted by Crippen LogP contribution is -1.78. The largest absolute Gasteiger partial charge is 0.455 e. The Balaban J connectivity index is 2.25. The predicted molar refractivity (Wildman–Crippen MR) is 83.2 cm³/mol. The maximum absolute atomic E-state index is 6.07. The van der Waals surface area contributed by atoms with E-state index in [0.29, 0.717) is 0 Å². The van der Waals surface area contributed by atoms with Crippen molar-refractivity contribution >= 4 is 34.3 Å². The van der Waals surface area contributed by atoms with Gasteiger partial charge >= 0.3 is 0 Å². The van der Waals surface area contributed by atoms with Gasteiger partial charge in [-0.2, -0.15) is 0 Å². The van der Waals surface area contributed by atoms with Crippen LogP contribution in [-0.2, 0) is 0 Å². The molecule has 1 aromatic heterocycles. The molecule has 0 unspecified atom stereocenters. The highest BCUT2D eigenvalue weighted by Crippen LogP contribution is 2.40. The zero-order valence-corrected chi connectivity index (χ0v) is 12.3. The number of benzene rings is 2. The number of rotatable bonds is 2. The molecule has 3 aromatic rings. The Kier molecular flexibility index (Phi) is 3.29. The predicted octanol–water partition coefficient (Wildman–Crippen LogP) is 5.78. The molecule has 0 amide bonds. The van der Waals surface area contributed by atoms with E-state index in [1.807, 2.05) is 18.2 Å². The maximum Gasteiger partial charge on any atom is 0.148 e. The summed E-state index contributed by atoms with van der Waals surface area (Å²) in [6, 6.07) is 14.1. The molecule has 1 nitrogen and oxygen atoms in total. The molecule has 0 N–H and O–H groups in total. The van der Waals surface area contributed by atoms with Crippen molar-refractivity contribution in [2.45, 2.75) is 11.8 Å². The van der Waals surface area contributed by atoms with Crippen LogP contribution in [-0.4, -0.2) is 6.26 Å². The molecule has 3 rings (SSSR count). The lowest BCUT2D eigenvalue weighted by Gasteiger charge is -2.01. The van der Waals surface area contributed by atoms with Crippen molar-refractivity contribution in [1.82, 2.24) is 0 Å². The van der Waals surface area contributed by atoms with Crippen molar-refractivity contribution in [3.05, 3.63) is 53.1 Å². The first-order valence-corrected chi connectivity index (χ1v) is 7.62. The fraction of sp³-hybridized carbons (Fsp3) is 0.125. The summed E-state index contributed by atoms with van der Waals surface area (Å²) in [7, 11) is 0. The molecule has 3 heteroatoms. The van der Waals surface area contributed by atoms with Gasteiger partial charge in [-0.05, 0) is 31.4 Å². The van der Waals surface area contributed by atoms with Crippen LogP contribution in [0.3, 0.4) is 0 Å². The summed E-state index contributed by atoms with van der Waals surface area (Å²) in [5.41, 5.74) is 3.22. The van der Waals surface area contributed by atoms with Crippen molar-refractivity contribution in [1.29, 1.82) is 0 Å². The van der Waals surface area contributed by atoms with Gasteiger partial charge in [-0.15, -0.1) is 11.8 Å². The van der Waals surface area contributed by atoms with Crippen molar-refractivity contribution < 1.29 is 4.42 Å². The van der Waals surface area contributed by atoms with E-state index in [1.54, 1.807) is 11.8 Å². The molecule has 0 atom stereocenters. The van der Waals surface area contributed by atoms with Gasteiger partial charge in [0.1, 0.15) is 11.3 Å². The maximum atomic E-state index is 6.07. The molecule has 1 heterocycles. The van der Waals surface area contributed by atoms with E-state index in [9.17, 15) is 0 Å². The van der Waals surface area contributed by atoms with Crippen LogP contribution in [0, 0.1) is 6.92 Å². The SMILES string of the molecule is CSc1c(-c2ccc(C)cc2)oc2ccc(Cl)cc12. The third-order valence-corrected chi connectivity index (χ3v) is 4.17. The third kappa shape index (κ3) is 2.26. The number of hydrogen-bond acceptors (Lipinski definition) is 2. The topological polar surface area (TPSA) is 13.1 Å². The second-order valence-electron chi connectivity index (χ2n) is 4.47. The lowest BCUT2D eigenvalue weighted by atomic mass is 10.1. The number of thioether (sulfide) groups is 1. The number of aryl methyl sites for hydroxylation is 1. The summed E-state index contributed by atoms with van der Waals surface area (Å²) in [5, 5.41) is 1.81. The standard InChI is InChI=1S/C16H13ClOS/c1-10-3-5-11(6-4-10)15-16(19-2)13-9-12(17)7-8-14(13)18-15/h3-9H,1-2H3. The Morgan fingerprint density at radius 3 is 2.47 bits per heavy atom. The first-order chi connectivity index (χ1) is 9.19. The van der Waals surface area contributed by atoms with Gasteiger partial charge < -0.3 is 4.42 Å². The van der Waals surface area contributed by atoms with Crippen molar-refractivity contribution in [2.24, 2.45) is 0 Å². The molecule has 0 aliphatic rings. The molecule has 96 valence electrons. The van der Waals surface area contributed by atoms with E-state index < -0.39 is 0 Å². The molecule has 2 aromatic carbocycles. The molecule has 0 saturated heterocycles. The van der Waals surface area contributed by atoms with E-state index in [1.165, 1.54) is 5.56 Å². The highest BCUT2D eigenvalue weighted by molar-refractivity contribution is 7.99. The number of fused-ring (bicyclic) bond motifs is 1. The molecule has 0 aliphatic carbocycles. The smallest absolute Gasteiger partial charge is 0.148 e. The van der Waals surface area contributed by atoms with Gasteiger partial charge in [-0.1, -0.05) is 41.4 Å². The van der Waals surface area contributed by atoms with Crippen LogP contribution in [0.15, 0.2) is 51.8 Å². The van der Waals surface area contributed by atoms with Crippen molar-refractivity contribution in [2.75, 3.05) is 6.26 Å². The Hall–Kier alpha value is -1.38. The van der Waals surface area contributed by atoms with Gasteiger partial charge in [0.2, 0.25) is 0 Å². The third-order valence-electron chi connectivity index (χ3n) is 3.12. The van der Waals surface area contributed by atoms with Crippen LogP contribution in [0.4, 0.5) is 0 Å². The minimum absolute atomic E-state index is 0.735. The van der Waals surface area contributed by atoms with Crippen molar-refractivity contribution in [3.63, 3.8) is 0 Å². The average Bonchev–Trinajstić information content (AvgIpc) is 2.77. The zero-order valence-electron chi connectivity index (χ0n) is 10.7. The number of halogens is 1. The van der Waals surface area contributed by atoms with E-state index in [4.69, 9.17) is 16.0 Å². The fourth-order valence-corrected chi connectivity index (χ4v) is 3.04. The normalized spacial score (nSPS) is 11.1. The quantitative estimate of drug-likeness (QED) is 0.554. The average molecular weight is 289 g/mol. The van der Waals surface area contributed by atoms with Crippen LogP contribution in [0.2, 0.25) is 5.02 Å². The molecule has 0 aliphatic heterocycles. The van der Waals surface area contributed by atoms with Crippen LogP contribution < -0.4 is 0 Å². The highest BCUT2D eigenvalue weighted by Gasteiger charge is 2.15. The monoisotopic (exact) mass is 288 g/mol. The summed E-state index contributed by atoms with van der Waals surface area (Å²) in [6.45, 7) is 2.08. The van der Waals surface area contributed by atoms with Crippen LogP contribution >= 0.6 is 23.4 Å². The summed E-state index contributed by atoms with van der Waals surface area (Å²) in [4.78, 5) is 1.14. The summed E-state index contributed by atoms with van der Waals surface area (Å²) >= 11 is 7.76. The molecule has 0 radical (unpaired) electrons. The van der Waals surface area contributed by atoms with Gasteiger partial charge in [0.15, 0.2) is 0 Å². The summed E-state index contributed by atoms with van der Waals surface area (Å²) < 4.78 is 5.99. The van der Waals surface area contributed by atoms with Gasteiger partial charge in [-0.25, -0.2) is 0 Å². The van der Waals surface area contributed by atoms with Crippen LogP contribution in [0.25, 0.3) is 22.3 Å². The van der Waals surface area contributed by atoms with Gasteiger partial charge in [0.05, 0.1) is 4.90 Å². The molecule has 19 heavy (non-hydrogen) atoms. The molecule has 0 saturated carbocycles. The van der Waals surface area contributed by atoms with E-state index >= 15 is 0 Å². The minimum Gasteiger partial charge on any atom is -0.455 e. The van der Waals surface area contributed by atoms with Crippen LogP contribution in [0.1, 0.15) is 5.56 Å². The molecular formula is C16H13ClOS. The summed E-state index contributed by atoms with van der Waals surface area (Å²) in [6.07, 6.45) is 2.06. The summed E-state index contributed by atoms with van der Waals surface area (Å²) in [5.74, 6) is 0.921. The molecular weight excluding hydrogens is 276 g/mol. The van der Waals surface area contributed by atoms with Crippen molar-refractivity contribution in [3.8, 4) is 11.3 Å². The van der Waals surface area contributed by atoms with Crippen LogP contribution in [0.5, 0.6) is 0 Å². The molecule has 0 bridgehead atoms. The number of hydrogen-bond donors (Lipinski definition) is 0. The lowest BCUT2D eigenvalue weighted by molar-refractivity contribution is 0.625. The van der Waals surface area contributed by atoms with E-state index in [2.05, 4.69) is 37.4 Å². The highest BCUT2D eigenvalue weighted by atomic mass is 35.5.